The molecule has 0 radical (unpaired) electrons. The van der Waals surface area contributed by atoms with Crippen LogP contribution in [0.1, 0.15) is 10.4 Å². The predicted octanol–water partition coefficient (Wildman–Crippen LogP) is 1.28. The van der Waals surface area contributed by atoms with Crippen LogP contribution in [0.3, 0.4) is 0 Å². The highest BCUT2D eigenvalue weighted by molar-refractivity contribution is 7.91. The first-order valence-electron chi connectivity index (χ1n) is 6.14. The van der Waals surface area contributed by atoms with Crippen LogP contribution in [-0.4, -0.2) is 36.4 Å². The van der Waals surface area contributed by atoms with E-state index >= 15 is 0 Å². The number of nitrogens with one attached hydrogen (secondary N) is 1. The third-order valence-corrected chi connectivity index (χ3v) is 4.78. The Morgan fingerprint density at radius 1 is 1.33 bits per heavy atom. The molecule has 0 saturated heterocycles. The first kappa shape index (κ1) is 15.5. The Kier molecular flexibility index (Phi) is 4.64. The highest BCUT2D eigenvalue weighted by atomic mass is 35.5. The molecular weight excluding hydrogens is 314 g/mol. The van der Waals surface area contributed by atoms with Crippen LogP contribution in [0.15, 0.2) is 41.6 Å². The minimum Gasteiger partial charge on any atom is -0.351 e. The van der Waals surface area contributed by atoms with Gasteiger partial charge in [-0.1, -0.05) is 11.6 Å². The fraction of sp³-hybridized carbons (Fsp3) is 0.231. The number of hydrogen-bond donors (Lipinski definition) is 1. The van der Waals surface area contributed by atoms with Crippen molar-refractivity contribution in [1.29, 1.82) is 0 Å². The van der Waals surface area contributed by atoms with E-state index in [0.29, 0.717) is 10.6 Å². The zero-order chi connectivity index (χ0) is 15.5. The second kappa shape index (κ2) is 6.28. The van der Waals surface area contributed by atoms with Crippen molar-refractivity contribution in [3.8, 4) is 0 Å². The number of nitrogens with zero attached hydrogens (tertiary/aromatic N) is 2. The summed E-state index contributed by atoms with van der Waals surface area (Å²) in [7, 11) is -1.75. The second-order valence-corrected chi connectivity index (χ2v) is 6.98. The van der Waals surface area contributed by atoms with Crippen molar-refractivity contribution in [2.75, 3.05) is 12.3 Å². The number of halogens is 1. The van der Waals surface area contributed by atoms with Crippen LogP contribution in [0.2, 0.25) is 5.02 Å². The minimum absolute atomic E-state index is 0.0265. The van der Waals surface area contributed by atoms with Crippen molar-refractivity contribution in [2.45, 2.75) is 4.90 Å². The number of sulfone groups is 1. The maximum atomic E-state index is 12.1. The zero-order valence-corrected chi connectivity index (χ0v) is 12.9. The van der Waals surface area contributed by atoms with Crippen molar-refractivity contribution in [3.63, 3.8) is 0 Å². The average molecular weight is 328 g/mol. The molecule has 0 spiro atoms. The summed E-state index contributed by atoms with van der Waals surface area (Å²) in [4.78, 5) is 11.9. The summed E-state index contributed by atoms with van der Waals surface area (Å²) < 4.78 is 25.6. The lowest BCUT2D eigenvalue weighted by molar-refractivity contribution is 0.0956. The molecule has 6 nitrogen and oxygen atoms in total. The van der Waals surface area contributed by atoms with Crippen LogP contribution >= 0.6 is 11.6 Å². The number of aromatic nitrogens is 2. The summed E-state index contributed by atoms with van der Waals surface area (Å²) in [5.74, 6) is -0.532. The molecule has 1 aromatic carbocycles. The van der Waals surface area contributed by atoms with E-state index in [1.54, 1.807) is 13.2 Å². The highest BCUT2D eigenvalue weighted by Crippen LogP contribution is 2.15. The first-order chi connectivity index (χ1) is 9.88. The summed E-state index contributed by atoms with van der Waals surface area (Å²) >= 11 is 5.72. The number of carbonyl (C=O) groups is 1. The van der Waals surface area contributed by atoms with Gasteiger partial charge in [0.05, 0.1) is 22.4 Å². The van der Waals surface area contributed by atoms with Crippen LogP contribution in [0, 0.1) is 0 Å². The molecular formula is C13H14ClN3O3S. The van der Waals surface area contributed by atoms with Gasteiger partial charge in [-0.25, -0.2) is 8.42 Å². The number of rotatable bonds is 5. The smallest absolute Gasteiger partial charge is 0.254 e. The number of amides is 1. The molecule has 2 aromatic rings. The molecule has 0 aliphatic heterocycles. The standard InChI is InChI=1S/C13H14ClN3O3S/c1-17-9-10(8-16-17)13(18)15-6-7-21(19,20)12-4-2-11(14)3-5-12/h2-5,8-9H,6-7H2,1H3,(H,15,18). The summed E-state index contributed by atoms with van der Waals surface area (Å²) in [6.07, 6.45) is 2.98. The maximum absolute atomic E-state index is 12.1. The molecule has 112 valence electrons. The van der Waals surface area contributed by atoms with Gasteiger partial charge in [0.25, 0.3) is 5.91 Å². The fourth-order valence-electron chi connectivity index (χ4n) is 1.70. The van der Waals surface area contributed by atoms with Crippen molar-refractivity contribution < 1.29 is 13.2 Å². The zero-order valence-electron chi connectivity index (χ0n) is 11.3. The quantitative estimate of drug-likeness (QED) is 0.897. The van der Waals surface area contributed by atoms with Gasteiger partial charge in [0.2, 0.25) is 0 Å². The Labute approximate surface area is 127 Å². The first-order valence-corrected chi connectivity index (χ1v) is 8.17. The fourth-order valence-corrected chi connectivity index (χ4v) is 2.98. The summed E-state index contributed by atoms with van der Waals surface area (Å²) in [6, 6.07) is 5.92. The normalized spacial score (nSPS) is 11.3. The number of benzene rings is 1. The molecule has 0 aliphatic carbocycles. The highest BCUT2D eigenvalue weighted by Gasteiger charge is 2.15. The average Bonchev–Trinajstić information content (AvgIpc) is 2.86. The van der Waals surface area contributed by atoms with Gasteiger partial charge in [-0.3, -0.25) is 9.48 Å². The molecule has 1 amide bonds. The largest absolute Gasteiger partial charge is 0.351 e. The lowest BCUT2D eigenvalue weighted by atomic mass is 10.3. The van der Waals surface area contributed by atoms with Crippen LogP contribution in [-0.2, 0) is 16.9 Å². The molecule has 0 aliphatic rings. The monoisotopic (exact) mass is 327 g/mol. The van der Waals surface area contributed by atoms with Crippen molar-refractivity contribution in [3.05, 3.63) is 47.2 Å². The predicted molar refractivity (Wildman–Crippen MR) is 79.0 cm³/mol. The van der Waals surface area contributed by atoms with Crippen LogP contribution in [0.5, 0.6) is 0 Å². The second-order valence-electron chi connectivity index (χ2n) is 4.43. The number of hydrogen-bond acceptors (Lipinski definition) is 4. The van der Waals surface area contributed by atoms with Gasteiger partial charge in [0.1, 0.15) is 0 Å². The van der Waals surface area contributed by atoms with Gasteiger partial charge in [0.15, 0.2) is 9.84 Å². The summed E-state index contributed by atoms with van der Waals surface area (Å²) in [5.41, 5.74) is 0.390. The third-order valence-electron chi connectivity index (χ3n) is 2.80. The SMILES string of the molecule is Cn1cc(C(=O)NCCS(=O)(=O)c2ccc(Cl)cc2)cn1. The minimum atomic E-state index is -3.44. The molecule has 0 saturated carbocycles. The van der Waals surface area contributed by atoms with Crippen molar-refractivity contribution >= 4 is 27.3 Å². The molecule has 0 fully saturated rings. The van der Waals surface area contributed by atoms with Crippen molar-refractivity contribution in [2.24, 2.45) is 7.05 Å². The van der Waals surface area contributed by atoms with E-state index < -0.39 is 9.84 Å². The van der Waals surface area contributed by atoms with E-state index in [4.69, 9.17) is 11.6 Å². The topological polar surface area (TPSA) is 81.1 Å². The Morgan fingerprint density at radius 2 is 2.00 bits per heavy atom. The molecule has 0 unspecified atom stereocenters. The molecule has 0 atom stereocenters. The maximum Gasteiger partial charge on any atom is 0.254 e. The molecule has 8 heteroatoms. The van der Waals surface area contributed by atoms with Crippen molar-refractivity contribution in [1.82, 2.24) is 15.1 Å². The Morgan fingerprint density at radius 3 is 2.57 bits per heavy atom. The van der Waals surface area contributed by atoms with Crippen LogP contribution in [0.4, 0.5) is 0 Å². The molecule has 21 heavy (non-hydrogen) atoms. The van der Waals surface area contributed by atoms with Gasteiger partial charge in [-0.05, 0) is 24.3 Å². The van der Waals surface area contributed by atoms with Gasteiger partial charge in [-0.15, -0.1) is 0 Å². The van der Waals surface area contributed by atoms with E-state index in [1.807, 2.05) is 0 Å². The van der Waals surface area contributed by atoms with Crippen LogP contribution < -0.4 is 5.32 Å². The van der Waals surface area contributed by atoms with E-state index in [2.05, 4.69) is 10.4 Å². The lowest BCUT2D eigenvalue weighted by Crippen LogP contribution is -2.28. The third kappa shape index (κ3) is 4.05. The number of aryl methyl sites for hydroxylation is 1. The van der Waals surface area contributed by atoms with Crippen LogP contribution in [0.25, 0.3) is 0 Å². The van der Waals surface area contributed by atoms with E-state index in [-0.39, 0.29) is 23.1 Å². The van der Waals surface area contributed by atoms with E-state index in [0.717, 1.165) is 0 Å². The van der Waals surface area contributed by atoms with Gasteiger partial charge < -0.3 is 5.32 Å². The van der Waals surface area contributed by atoms with Gasteiger partial charge in [-0.2, -0.15) is 5.10 Å². The number of carbonyl (C=O) groups excluding carboxylic acids is 1. The Hall–Kier alpha value is -1.86. The molecule has 2 rings (SSSR count). The van der Waals surface area contributed by atoms with E-state index in [9.17, 15) is 13.2 Å². The Bertz CT molecular complexity index is 738. The molecule has 1 N–H and O–H groups in total. The van der Waals surface area contributed by atoms with Gasteiger partial charge >= 0.3 is 0 Å². The summed E-state index contributed by atoms with van der Waals surface area (Å²) in [5, 5.41) is 6.90. The van der Waals surface area contributed by atoms with E-state index in [1.165, 1.54) is 35.1 Å². The summed E-state index contributed by atoms with van der Waals surface area (Å²) in [6.45, 7) is 0.0265. The molecule has 1 heterocycles. The lowest BCUT2D eigenvalue weighted by Gasteiger charge is -2.06. The molecule has 0 bridgehead atoms. The van der Waals surface area contributed by atoms with Gasteiger partial charge in [0, 0.05) is 24.8 Å². The molecule has 1 aromatic heterocycles. The Balaban J connectivity index is 1.93.